The van der Waals surface area contributed by atoms with Crippen molar-refractivity contribution >= 4 is 15.7 Å². The molecule has 0 aromatic carbocycles. The predicted octanol–water partition coefficient (Wildman–Crippen LogP) is -0.436. The fourth-order valence-electron chi connectivity index (χ4n) is 2.35. The third kappa shape index (κ3) is 3.33. The summed E-state index contributed by atoms with van der Waals surface area (Å²) in [5.41, 5.74) is 0. The van der Waals surface area contributed by atoms with Crippen LogP contribution in [0.2, 0.25) is 0 Å². The Kier molecular flexibility index (Phi) is 4.36. The number of carbonyl (C=O) groups excluding carboxylic acids is 1. The molecule has 1 aromatic heterocycles. The van der Waals surface area contributed by atoms with Crippen molar-refractivity contribution in [3.8, 4) is 0 Å². The van der Waals surface area contributed by atoms with Gasteiger partial charge in [-0.1, -0.05) is 20.3 Å². The topological polar surface area (TPSA) is 107 Å². The number of aromatic nitrogens is 4. The molecule has 9 heteroatoms. The molecule has 20 heavy (non-hydrogen) atoms. The van der Waals surface area contributed by atoms with Gasteiger partial charge in [0.25, 0.3) is 0 Å². The summed E-state index contributed by atoms with van der Waals surface area (Å²) in [6.45, 7) is 3.92. The minimum absolute atomic E-state index is 0.0154. The molecule has 1 fully saturated rings. The molecular weight excluding hydrogens is 282 g/mol. The molecule has 0 spiro atoms. The van der Waals surface area contributed by atoms with Gasteiger partial charge in [0, 0.05) is 6.04 Å². The minimum Gasteiger partial charge on any atom is -0.350 e. The van der Waals surface area contributed by atoms with E-state index in [4.69, 9.17) is 0 Å². The summed E-state index contributed by atoms with van der Waals surface area (Å²) in [5.74, 6) is -0.0245. The van der Waals surface area contributed by atoms with Crippen LogP contribution in [0.5, 0.6) is 0 Å². The van der Waals surface area contributed by atoms with E-state index < -0.39 is 15.9 Å². The first-order valence-electron chi connectivity index (χ1n) is 6.66. The van der Waals surface area contributed by atoms with E-state index in [0.29, 0.717) is 6.42 Å². The lowest BCUT2D eigenvalue weighted by molar-refractivity contribution is -0.126. The van der Waals surface area contributed by atoms with Crippen LogP contribution in [-0.2, 0) is 14.6 Å². The van der Waals surface area contributed by atoms with E-state index in [0.717, 1.165) is 6.42 Å². The van der Waals surface area contributed by atoms with E-state index in [1.54, 1.807) is 0 Å². The van der Waals surface area contributed by atoms with Gasteiger partial charge in [-0.3, -0.25) is 4.79 Å². The first kappa shape index (κ1) is 14.9. The lowest BCUT2D eigenvalue weighted by atomic mass is 9.98. The van der Waals surface area contributed by atoms with E-state index in [2.05, 4.69) is 20.8 Å². The Bertz CT molecular complexity index is 557. The first-order valence-corrected chi connectivity index (χ1v) is 8.48. The molecule has 0 radical (unpaired) electrons. The van der Waals surface area contributed by atoms with Crippen molar-refractivity contribution < 1.29 is 13.2 Å². The van der Waals surface area contributed by atoms with Gasteiger partial charge in [0.15, 0.2) is 9.84 Å². The number of hydrogen-bond acceptors (Lipinski definition) is 6. The summed E-state index contributed by atoms with van der Waals surface area (Å²) >= 11 is 0. The standard InChI is InChI=1S/C11H19N5O3S/c1-3-8(2)10(16-7-12-14-15-16)11(17)13-9-4-5-20(18,19)6-9/h7-10H,3-6H2,1-2H3,(H,13,17)/t8-,9?,10-/m0/s1. The van der Waals surface area contributed by atoms with Crippen molar-refractivity contribution in [2.24, 2.45) is 5.92 Å². The van der Waals surface area contributed by atoms with Crippen molar-refractivity contribution in [2.75, 3.05) is 11.5 Å². The van der Waals surface area contributed by atoms with Crippen molar-refractivity contribution in [3.05, 3.63) is 6.33 Å². The molecule has 1 aliphatic rings. The highest BCUT2D eigenvalue weighted by atomic mass is 32.2. The third-order valence-electron chi connectivity index (χ3n) is 3.68. The quantitative estimate of drug-likeness (QED) is 0.790. The van der Waals surface area contributed by atoms with Crippen molar-refractivity contribution in [1.29, 1.82) is 0 Å². The van der Waals surface area contributed by atoms with Crippen LogP contribution in [0.25, 0.3) is 0 Å². The Balaban J connectivity index is 2.08. The molecule has 0 bridgehead atoms. The minimum atomic E-state index is -3.01. The predicted molar refractivity (Wildman–Crippen MR) is 71.5 cm³/mol. The molecule has 1 saturated heterocycles. The number of amides is 1. The average molecular weight is 301 g/mol. The summed E-state index contributed by atoms with van der Waals surface area (Å²) in [6, 6.07) is -0.825. The second kappa shape index (κ2) is 5.86. The highest BCUT2D eigenvalue weighted by Gasteiger charge is 2.33. The Labute approximate surface area is 117 Å². The van der Waals surface area contributed by atoms with E-state index in [-0.39, 0.29) is 29.4 Å². The molecule has 2 heterocycles. The zero-order valence-electron chi connectivity index (χ0n) is 11.6. The SMILES string of the molecule is CC[C@H](C)[C@@H](C(=O)NC1CCS(=O)(=O)C1)n1cnnn1. The molecule has 1 unspecified atom stereocenters. The molecule has 0 saturated carbocycles. The first-order chi connectivity index (χ1) is 9.43. The molecule has 1 N–H and O–H groups in total. The van der Waals surface area contributed by atoms with Crippen LogP contribution in [0.15, 0.2) is 6.33 Å². The maximum atomic E-state index is 12.4. The van der Waals surface area contributed by atoms with E-state index in [9.17, 15) is 13.2 Å². The summed E-state index contributed by atoms with van der Waals surface area (Å²) in [4.78, 5) is 12.4. The van der Waals surface area contributed by atoms with Crippen LogP contribution in [0, 0.1) is 5.92 Å². The Morgan fingerprint density at radius 2 is 2.30 bits per heavy atom. The Morgan fingerprint density at radius 1 is 1.55 bits per heavy atom. The second-order valence-corrected chi connectivity index (χ2v) is 7.46. The van der Waals surface area contributed by atoms with Gasteiger partial charge >= 0.3 is 0 Å². The number of rotatable bonds is 5. The zero-order valence-corrected chi connectivity index (χ0v) is 12.4. The molecule has 2 rings (SSSR count). The lowest BCUT2D eigenvalue weighted by Gasteiger charge is -2.23. The summed E-state index contributed by atoms with van der Waals surface area (Å²) in [6.07, 6.45) is 2.67. The van der Waals surface area contributed by atoms with Crippen molar-refractivity contribution in [2.45, 2.75) is 38.8 Å². The van der Waals surface area contributed by atoms with Gasteiger partial charge in [-0.2, -0.15) is 0 Å². The van der Waals surface area contributed by atoms with Crippen LogP contribution < -0.4 is 5.32 Å². The molecule has 1 aromatic rings. The van der Waals surface area contributed by atoms with Crippen LogP contribution in [-0.4, -0.2) is 52.1 Å². The van der Waals surface area contributed by atoms with Crippen LogP contribution in [0.1, 0.15) is 32.7 Å². The molecule has 112 valence electrons. The molecule has 8 nitrogen and oxygen atoms in total. The van der Waals surface area contributed by atoms with E-state index in [1.807, 2.05) is 13.8 Å². The zero-order chi connectivity index (χ0) is 14.8. The molecule has 1 aliphatic heterocycles. The molecule has 0 aliphatic carbocycles. The fraction of sp³-hybridized carbons (Fsp3) is 0.818. The second-order valence-electron chi connectivity index (χ2n) is 5.23. The van der Waals surface area contributed by atoms with E-state index in [1.165, 1.54) is 11.0 Å². The lowest BCUT2D eigenvalue weighted by Crippen LogP contribution is -2.42. The van der Waals surface area contributed by atoms with Gasteiger partial charge in [0.05, 0.1) is 11.5 Å². The molecule has 1 amide bonds. The van der Waals surface area contributed by atoms with Crippen molar-refractivity contribution in [3.63, 3.8) is 0 Å². The van der Waals surface area contributed by atoms with Gasteiger partial charge in [0.2, 0.25) is 5.91 Å². The highest BCUT2D eigenvalue weighted by molar-refractivity contribution is 7.91. The number of nitrogens with zero attached hydrogens (tertiary/aromatic N) is 4. The van der Waals surface area contributed by atoms with Gasteiger partial charge < -0.3 is 5.32 Å². The molecular formula is C11H19N5O3S. The van der Waals surface area contributed by atoms with Crippen LogP contribution >= 0.6 is 0 Å². The summed E-state index contributed by atoms with van der Waals surface area (Å²) in [7, 11) is -3.01. The van der Waals surface area contributed by atoms with Gasteiger partial charge in [-0.05, 0) is 22.8 Å². The van der Waals surface area contributed by atoms with Gasteiger partial charge in [-0.15, -0.1) is 5.10 Å². The highest BCUT2D eigenvalue weighted by Crippen LogP contribution is 2.21. The summed E-state index contributed by atoms with van der Waals surface area (Å²) < 4.78 is 24.3. The maximum absolute atomic E-state index is 12.4. The van der Waals surface area contributed by atoms with Gasteiger partial charge in [-0.25, -0.2) is 13.1 Å². The molecule has 3 atom stereocenters. The number of nitrogens with one attached hydrogen (secondary N) is 1. The monoisotopic (exact) mass is 301 g/mol. The summed E-state index contributed by atoms with van der Waals surface area (Å²) in [5, 5.41) is 13.7. The average Bonchev–Trinajstić information content (AvgIpc) is 2.99. The maximum Gasteiger partial charge on any atom is 0.245 e. The van der Waals surface area contributed by atoms with Gasteiger partial charge in [0.1, 0.15) is 12.4 Å². The number of sulfone groups is 1. The Hall–Kier alpha value is -1.51. The van der Waals surface area contributed by atoms with E-state index >= 15 is 0 Å². The number of carbonyl (C=O) groups is 1. The Morgan fingerprint density at radius 3 is 2.80 bits per heavy atom. The number of hydrogen-bond donors (Lipinski definition) is 1. The number of tetrazole rings is 1. The fourth-order valence-corrected chi connectivity index (χ4v) is 4.03. The van der Waals surface area contributed by atoms with Crippen molar-refractivity contribution in [1.82, 2.24) is 25.5 Å². The van der Waals surface area contributed by atoms with Crippen LogP contribution in [0.4, 0.5) is 0 Å². The smallest absolute Gasteiger partial charge is 0.245 e. The normalized spacial score (nSPS) is 24.2. The third-order valence-corrected chi connectivity index (χ3v) is 5.45. The van der Waals surface area contributed by atoms with Crippen LogP contribution in [0.3, 0.4) is 0 Å². The largest absolute Gasteiger partial charge is 0.350 e.